The highest BCUT2D eigenvalue weighted by molar-refractivity contribution is 8.10. The molecule has 37 heavy (non-hydrogen) atoms. The average Bonchev–Trinajstić information content (AvgIpc) is 2.84. The Labute approximate surface area is 211 Å². The molecule has 0 saturated heterocycles. The molecule has 0 aliphatic heterocycles. The van der Waals surface area contributed by atoms with E-state index in [1.807, 2.05) is 0 Å². The minimum Gasteiger partial charge on any atom is -0.493 e. The fourth-order valence-electron chi connectivity index (χ4n) is 3.01. The standard InChI is InChI=1S/C21H22N2O12S2/c1-32-18-9-14(16(22(24)25)11-20(18)34-3)5-7-36(28,29)13-37(30,31)8-6-15-10-19(33-2)21(35-4)12-17(15)23(26)27/h5-12H,13H2,1-4H3/b7-5+,8-6+. The predicted octanol–water partition coefficient (Wildman–Crippen LogP) is 2.97. The summed E-state index contributed by atoms with van der Waals surface area (Å²) in [6, 6.07) is 4.38. The summed E-state index contributed by atoms with van der Waals surface area (Å²) in [4.78, 5) is 21.2. The van der Waals surface area contributed by atoms with Gasteiger partial charge in [0.15, 0.2) is 47.8 Å². The van der Waals surface area contributed by atoms with E-state index in [-0.39, 0.29) is 34.1 Å². The van der Waals surface area contributed by atoms with Gasteiger partial charge in [-0.2, -0.15) is 0 Å². The average molecular weight is 559 g/mol. The van der Waals surface area contributed by atoms with Crippen molar-refractivity contribution in [3.63, 3.8) is 0 Å². The summed E-state index contributed by atoms with van der Waals surface area (Å²) in [5.41, 5.74) is -1.37. The Balaban J connectivity index is 2.39. The molecule has 2 rings (SSSR count). The monoisotopic (exact) mass is 558 g/mol. The number of nitrogens with zero attached hydrogens (tertiary/aromatic N) is 2. The SMILES string of the molecule is COc1cc(/C=C/S(=O)(=O)CS(=O)(=O)/C=C/c2cc(OC)c(OC)cc2[N+](=O)[O-])c([N+](=O)[O-])cc1OC. The molecule has 0 saturated carbocycles. The summed E-state index contributed by atoms with van der Waals surface area (Å²) in [5, 5.41) is 22.4. The Morgan fingerprint density at radius 3 is 1.22 bits per heavy atom. The van der Waals surface area contributed by atoms with Crippen molar-refractivity contribution in [2.45, 2.75) is 0 Å². The zero-order valence-corrected chi connectivity index (χ0v) is 21.6. The summed E-state index contributed by atoms with van der Waals surface area (Å²) in [7, 11) is -3.86. The molecule has 0 bridgehead atoms. The number of hydrogen-bond acceptors (Lipinski definition) is 12. The number of hydrogen-bond donors (Lipinski definition) is 0. The molecule has 2 aromatic rings. The molecular formula is C21H22N2O12S2. The van der Waals surface area contributed by atoms with Gasteiger partial charge in [0.2, 0.25) is 0 Å². The molecular weight excluding hydrogens is 536 g/mol. The van der Waals surface area contributed by atoms with Crippen molar-refractivity contribution in [1.29, 1.82) is 0 Å². The van der Waals surface area contributed by atoms with Crippen molar-refractivity contribution >= 4 is 43.2 Å². The third kappa shape index (κ3) is 7.40. The summed E-state index contributed by atoms with van der Waals surface area (Å²) < 4.78 is 70.0. The highest BCUT2D eigenvalue weighted by Gasteiger charge is 2.22. The van der Waals surface area contributed by atoms with Crippen LogP contribution < -0.4 is 18.9 Å². The van der Waals surface area contributed by atoms with E-state index in [2.05, 4.69) is 0 Å². The maximum absolute atomic E-state index is 12.5. The van der Waals surface area contributed by atoms with E-state index < -0.39 is 46.0 Å². The van der Waals surface area contributed by atoms with Gasteiger partial charge in [-0.1, -0.05) is 0 Å². The molecule has 16 heteroatoms. The van der Waals surface area contributed by atoms with E-state index in [9.17, 15) is 37.1 Å². The third-order valence-electron chi connectivity index (χ3n) is 4.70. The Hall–Kier alpha value is -4.18. The van der Waals surface area contributed by atoms with Gasteiger partial charge >= 0.3 is 0 Å². The molecule has 0 radical (unpaired) electrons. The van der Waals surface area contributed by atoms with Crippen molar-refractivity contribution in [2.75, 3.05) is 33.5 Å². The summed E-state index contributed by atoms with van der Waals surface area (Å²) >= 11 is 0. The quantitative estimate of drug-likeness (QED) is 0.274. The highest BCUT2D eigenvalue weighted by atomic mass is 32.3. The van der Waals surface area contributed by atoms with Gasteiger partial charge in [-0.15, -0.1) is 0 Å². The number of sulfone groups is 2. The van der Waals surface area contributed by atoms with Crippen molar-refractivity contribution < 1.29 is 45.6 Å². The van der Waals surface area contributed by atoms with Crippen molar-refractivity contribution in [1.82, 2.24) is 0 Å². The largest absolute Gasteiger partial charge is 0.493 e. The zero-order chi connectivity index (χ0) is 28.0. The second-order valence-electron chi connectivity index (χ2n) is 7.10. The predicted molar refractivity (Wildman–Crippen MR) is 133 cm³/mol. The Morgan fingerprint density at radius 1 is 0.649 bits per heavy atom. The lowest BCUT2D eigenvalue weighted by atomic mass is 10.1. The maximum atomic E-state index is 12.5. The first kappa shape index (κ1) is 29.1. The third-order valence-corrected chi connectivity index (χ3v) is 8.43. The molecule has 0 unspecified atom stereocenters. The van der Waals surface area contributed by atoms with Crippen LogP contribution in [0.2, 0.25) is 0 Å². The summed E-state index contributed by atoms with van der Waals surface area (Å²) in [5.74, 6) is 0.229. The second-order valence-corrected chi connectivity index (χ2v) is 11.2. The highest BCUT2D eigenvalue weighted by Crippen LogP contribution is 2.36. The molecule has 14 nitrogen and oxygen atoms in total. The number of nitro groups is 2. The van der Waals surface area contributed by atoms with Crippen LogP contribution in [0.15, 0.2) is 35.1 Å². The first-order chi connectivity index (χ1) is 17.3. The Morgan fingerprint density at radius 2 is 0.946 bits per heavy atom. The molecule has 0 spiro atoms. The zero-order valence-electron chi connectivity index (χ0n) is 19.9. The van der Waals surface area contributed by atoms with E-state index in [1.165, 1.54) is 28.4 Å². The molecule has 0 fully saturated rings. The van der Waals surface area contributed by atoms with Crippen LogP contribution in [-0.4, -0.2) is 60.2 Å². The molecule has 0 aliphatic rings. The van der Waals surface area contributed by atoms with Crippen LogP contribution in [-0.2, 0) is 19.7 Å². The van der Waals surface area contributed by atoms with Crippen LogP contribution in [0.3, 0.4) is 0 Å². The number of methoxy groups -OCH3 is 4. The lowest BCUT2D eigenvalue weighted by Crippen LogP contribution is -2.12. The van der Waals surface area contributed by atoms with Gasteiger partial charge in [0.25, 0.3) is 11.4 Å². The van der Waals surface area contributed by atoms with Crippen LogP contribution >= 0.6 is 0 Å². The minimum atomic E-state index is -4.46. The fraction of sp³-hybridized carbons (Fsp3) is 0.238. The normalized spacial score (nSPS) is 12.0. The topological polar surface area (TPSA) is 191 Å². The number of ether oxygens (including phenoxy) is 4. The number of nitro benzene ring substituents is 2. The summed E-state index contributed by atoms with van der Waals surface area (Å²) in [6.07, 6.45) is 1.71. The number of benzene rings is 2. The van der Waals surface area contributed by atoms with Gasteiger partial charge < -0.3 is 18.9 Å². The molecule has 0 aromatic heterocycles. The molecule has 0 aliphatic carbocycles. The van der Waals surface area contributed by atoms with Crippen LogP contribution in [0.4, 0.5) is 11.4 Å². The van der Waals surface area contributed by atoms with Gasteiger partial charge in [-0.05, 0) is 24.3 Å². The van der Waals surface area contributed by atoms with E-state index in [1.54, 1.807) is 0 Å². The molecule has 0 atom stereocenters. The van der Waals surface area contributed by atoms with Crippen LogP contribution in [0.1, 0.15) is 11.1 Å². The molecule has 0 heterocycles. The Kier molecular flexibility index (Phi) is 9.19. The first-order valence-corrected chi connectivity index (χ1v) is 13.3. The van der Waals surface area contributed by atoms with E-state index in [0.29, 0.717) is 10.8 Å². The molecule has 200 valence electrons. The van der Waals surface area contributed by atoms with Crippen LogP contribution in [0.5, 0.6) is 23.0 Å². The molecule has 2 aromatic carbocycles. The van der Waals surface area contributed by atoms with Crippen molar-refractivity contribution in [3.8, 4) is 23.0 Å². The Bertz CT molecular complexity index is 1370. The van der Waals surface area contributed by atoms with Gasteiger partial charge in [0.05, 0.1) is 61.5 Å². The first-order valence-electron chi connectivity index (χ1n) is 9.90. The van der Waals surface area contributed by atoms with E-state index in [4.69, 9.17) is 18.9 Å². The lowest BCUT2D eigenvalue weighted by Gasteiger charge is -2.09. The van der Waals surface area contributed by atoms with E-state index >= 15 is 0 Å². The smallest absolute Gasteiger partial charge is 0.280 e. The number of rotatable bonds is 12. The second kappa shape index (κ2) is 11.7. The lowest BCUT2D eigenvalue weighted by molar-refractivity contribution is -0.385. The molecule has 0 amide bonds. The van der Waals surface area contributed by atoms with Gasteiger partial charge in [-0.3, -0.25) is 20.2 Å². The van der Waals surface area contributed by atoms with Gasteiger partial charge in [-0.25, -0.2) is 16.8 Å². The van der Waals surface area contributed by atoms with Crippen molar-refractivity contribution in [3.05, 3.63) is 66.4 Å². The maximum Gasteiger partial charge on any atom is 0.280 e. The fourth-order valence-corrected chi connectivity index (χ4v) is 6.18. The van der Waals surface area contributed by atoms with Crippen LogP contribution in [0, 0.1) is 20.2 Å². The van der Waals surface area contributed by atoms with Crippen LogP contribution in [0.25, 0.3) is 12.2 Å². The molecule has 0 N–H and O–H groups in total. The van der Waals surface area contributed by atoms with E-state index in [0.717, 1.165) is 36.4 Å². The van der Waals surface area contributed by atoms with Crippen molar-refractivity contribution in [2.24, 2.45) is 0 Å². The van der Waals surface area contributed by atoms with Gasteiger partial charge in [0, 0.05) is 10.8 Å². The van der Waals surface area contributed by atoms with Gasteiger partial charge in [0.1, 0.15) is 0 Å². The minimum absolute atomic E-state index is 0.0335. The summed E-state index contributed by atoms with van der Waals surface area (Å²) in [6.45, 7) is 0.